The van der Waals surface area contributed by atoms with Crippen molar-refractivity contribution in [3.63, 3.8) is 0 Å². The first kappa shape index (κ1) is 8.03. The molecule has 2 rings (SSSR count). The van der Waals surface area contributed by atoms with Crippen LogP contribution in [0.4, 0.5) is 4.79 Å². The average Bonchev–Trinajstić information content (AvgIpc) is 2.46. The minimum atomic E-state index is -0.452. The van der Waals surface area contributed by atoms with Crippen molar-refractivity contribution in [2.24, 2.45) is 5.73 Å². The number of nitrogens with one attached hydrogen (secondary N) is 1. The third-order valence-electron chi connectivity index (χ3n) is 2.32. The highest BCUT2D eigenvalue weighted by Gasteiger charge is 2.30. The molecule has 70 valence electrons. The van der Waals surface area contributed by atoms with E-state index in [2.05, 4.69) is 15.5 Å². The molecule has 1 aliphatic carbocycles. The Labute approximate surface area is 75.1 Å². The van der Waals surface area contributed by atoms with Crippen molar-refractivity contribution in [3.8, 4) is 0 Å². The molecule has 6 nitrogen and oxygen atoms in total. The van der Waals surface area contributed by atoms with E-state index in [-0.39, 0.29) is 6.04 Å². The Kier molecular flexibility index (Phi) is 1.88. The van der Waals surface area contributed by atoms with Crippen LogP contribution in [0.5, 0.6) is 0 Å². The summed E-state index contributed by atoms with van der Waals surface area (Å²) >= 11 is 0. The van der Waals surface area contributed by atoms with Crippen molar-refractivity contribution < 1.29 is 4.79 Å². The van der Waals surface area contributed by atoms with Gasteiger partial charge in [0.15, 0.2) is 0 Å². The summed E-state index contributed by atoms with van der Waals surface area (Å²) in [6, 6.07) is 0.170. The first-order valence-electron chi connectivity index (χ1n) is 4.16. The largest absolute Gasteiger partial charge is 0.352 e. The number of rotatable bonds is 2. The Hall–Kier alpha value is -1.59. The summed E-state index contributed by atoms with van der Waals surface area (Å²) in [7, 11) is 0. The number of carbonyl (C=O) groups is 1. The predicted octanol–water partition coefficient (Wildman–Crippen LogP) is -0.350. The van der Waals surface area contributed by atoms with Gasteiger partial charge in [0.25, 0.3) is 0 Å². The second-order valence-electron chi connectivity index (χ2n) is 3.24. The minimum Gasteiger partial charge on any atom is -0.352 e. The molecule has 1 fully saturated rings. The van der Waals surface area contributed by atoms with Gasteiger partial charge in [-0.3, -0.25) is 0 Å². The summed E-state index contributed by atoms with van der Waals surface area (Å²) in [4.78, 5) is 10.5. The molecule has 0 radical (unpaired) electrons. The molecule has 1 saturated carbocycles. The van der Waals surface area contributed by atoms with E-state index in [1.807, 2.05) is 4.57 Å². The summed E-state index contributed by atoms with van der Waals surface area (Å²) in [5, 5.41) is 10.1. The summed E-state index contributed by atoms with van der Waals surface area (Å²) in [5.74, 6) is 0. The Balaban J connectivity index is 1.82. The van der Waals surface area contributed by atoms with E-state index in [1.54, 1.807) is 12.7 Å². The van der Waals surface area contributed by atoms with Gasteiger partial charge in [0.1, 0.15) is 12.7 Å². The van der Waals surface area contributed by atoms with Crippen LogP contribution >= 0.6 is 0 Å². The maximum absolute atomic E-state index is 10.5. The molecular formula is C7H11N5O. The Morgan fingerprint density at radius 3 is 2.62 bits per heavy atom. The lowest BCUT2D eigenvalue weighted by molar-refractivity contribution is 0.209. The second-order valence-corrected chi connectivity index (χ2v) is 3.24. The average molecular weight is 181 g/mol. The molecule has 0 spiro atoms. The number of urea groups is 1. The lowest BCUT2D eigenvalue weighted by atomic mass is 9.87. The zero-order valence-electron chi connectivity index (χ0n) is 7.05. The van der Waals surface area contributed by atoms with Gasteiger partial charge in [-0.1, -0.05) is 0 Å². The SMILES string of the molecule is NC(=O)NC1CC(n2cnnc2)C1. The Morgan fingerprint density at radius 1 is 1.46 bits per heavy atom. The molecule has 1 aromatic rings. The van der Waals surface area contributed by atoms with Gasteiger partial charge in [0.05, 0.1) is 0 Å². The lowest BCUT2D eigenvalue weighted by Gasteiger charge is -2.35. The van der Waals surface area contributed by atoms with Crippen LogP contribution in [0.3, 0.4) is 0 Å². The fraction of sp³-hybridized carbons (Fsp3) is 0.571. The normalized spacial score (nSPS) is 26.5. The molecule has 6 heteroatoms. The summed E-state index contributed by atoms with van der Waals surface area (Å²) in [6.45, 7) is 0. The van der Waals surface area contributed by atoms with Gasteiger partial charge in [-0.2, -0.15) is 0 Å². The van der Waals surface area contributed by atoms with Crippen LogP contribution in [0.25, 0.3) is 0 Å². The molecule has 1 aromatic heterocycles. The minimum absolute atomic E-state index is 0.213. The highest BCUT2D eigenvalue weighted by molar-refractivity contribution is 5.72. The van der Waals surface area contributed by atoms with Crippen molar-refractivity contribution in [3.05, 3.63) is 12.7 Å². The van der Waals surface area contributed by atoms with E-state index in [4.69, 9.17) is 5.73 Å². The molecule has 0 saturated heterocycles. The number of hydrogen-bond acceptors (Lipinski definition) is 3. The fourth-order valence-corrected chi connectivity index (χ4v) is 1.55. The third-order valence-corrected chi connectivity index (χ3v) is 2.32. The van der Waals surface area contributed by atoms with Gasteiger partial charge in [-0.15, -0.1) is 10.2 Å². The van der Waals surface area contributed by atoms with E-state index in [0.717, 1.165) is 12.8 Å². The van der Waals surface area contributed by atoms with E-state index < -0.39 is 6.03 Å². The first-order valence-corrected chi connectivity index (χ1v) is 4.16. The lowest BCUT2D eigenvalue weighted by Crippen LogP contribution is -2.46. The van der Waals surface area contributed by atoms with E-state index in [0.29, 0.717) is 6.04 Å². The van der Waals surface area contributed by atoms with Crippen molar-refractivity contribution >= 4 is 6.03 Å². The van der Waals surface area contributed by atoms with Gasteiger partial charge in [-0.25, -0.2) is 4.79 Å². The van der Waals surface area contributed by atoms with Crippen molar-refractivity contribution in [1.29, 1.82) is 0 Å². The zero-order chi connectivity index (χ0) is 9.26. The van der Waals surface area contributed by atoms with Crippen LogP contribution in [0.2, 0.25) is 0 Å². The Morgan fingerprint density at radius 2 is 2.08 bits per heavy atom. The molecule has 0 aliphatic heterocycles. The number of nitrogens with zero attached hydrogens (tertiary/aromatic N) is 3. The highest BCUT2D eigenvalue weighted by atomic mass is 16.2. The number of nitrogens with two attached hydrogens (primary N) is 1. The van der Waals surface area contributed by atoms with E-state index >= 15 is 0 Å². The van der Waals surface area contributed by atoms with Gasteiger partial charge >= 0.3 is 6.03 Å². The second kappa shape index (κ2) is 3.04. The van der Waals surface area contributed by atoms with Crippen molar-refractivity contribution in [2.45, 2.75) is 24.9 Å². The van der Waals surface area contributed by atoms with Crippen LogP contribution in [0.1, 0.15) is 18.9 Å². The van der Waals surface area contributed by atoms with Gasteiger partial charge in [0, 0.05) is 12.1 Å². The molecule has 1 heterocycles. The number of primary amides is 1. The van der Waals surface area contributed by atoms with Crippen LogP contribution in [0, 0.1) is 0 Å². The van der Waals surface area contributed by atoms with Crippen LogP contribution in [-0.4, -0.2) is 26.8 Å². The number of amides is 2. The van der Waals surface area contributed by atoms with Gasteiger partial charge < -0.3 is 15.6 Å². The highest BCUT2D eigenvalue weighted by Crippen LogP contribution is 2.31. The third kappa shape index (κ3) is 1.61. The monoisotopic (exact) mass is 181 g/mol. The van der Waals surface area contributed by atoms with Gasteiger partial charge in [0.2, 0.25) is 0 Å². The maximum Gasteiger partial charge on any atom is 0.312 e. The van der Waals surface area contributed by atoms with Crippen molar-refractivity contribution in [1.82, 2.24) is 20.1 Å². The summed E-state index contributed by atoms with van der Waals surface area (Å²) < 4.78 is 1.94. The maximum atomic E-state index is 10.5. The van der Waals surface area contributed by atoms with Crippen LogP contribution in [-0.2, 0) is 0 Å². The fourth-order valence-electron chi connectivity index (χ4n) is 1.55. The topological polar surface area (TPSA) is 85.8 Å². The quantitative estimate of drug-likeness (QED) is 0.653. The number of aromatic nitrogens is 3. The molecule has 3 N–H and O–H groups in total. The number of carbonyl (C=O) groups excluding carboxylic acids is 1. The van der Waals surface area contributed by atoms with E-state index in [1.165, 1.54) is 0 Å². The Bertz CT molecular complexity index is 290. The predicted molar refractivity (Wildman–Crippen MR) is 44.8 cm³/mol. The van der Waals surface area contributed by atoms with Gasteiger partial charge in [-0.05, 0) is 12.8 Å². The van der Waals surface area contributed by atoms with Crippen molar-refractivity contribution in [2.75, 3.05) is 0 Å². The smallest absolute Gasteiger partial charge is 0.312 e. The molecule has 2 amide bonds. The van der Waals surface area contributed by atoms with Crippen LogP contribution < -0.4 is 11.1 Å². The molecule has 13 heavy (non-hydrogen) atoms. The number of hydrogen-bond donors (Lipinski definition) is 2. The molecule has 0 atom stereocenters. The summed E-state index contributed by atoms with van der Waals surface area (Å²) in [6.07, 6.45) is 5.18. The molecule has 0 bridgehead atoms. The molecule has 1 aliphatic rings. The molecular weight excluding hydrogens is 170 g/mol. The standard InChI is InChI=1S/C7H11N5O/c8-7(13)11-5-1-6(2-5)12-3-9-10-4-12/h3-6H,1-2H2,(H3,8,11,13). The van der Waals surface area contributed by atoms with Crippen LogP contribution in [0.15, 0.2) is 12.7 Å². The summed E-state index contributed by atoms with van der Waals surface area (Å²) in [5.41, 5.74) is 4.99. The zero-order valence-corrected chi connectivity index (χ0v) is 7.05. The van der Waals surface area contributed by atoms with E-state index in [9.17, 15) is 4.79 Å². The molecule has 0 unspecified atom stereocenters. The molecule has 0 aromatic carbocycles. The first-order chi connectivity index (χ1) is 6.25.